The van der Waals surface area contributed by atoms with E-state index in [2.05, 4.69) is 10.6 Å². The second-order valence-corrected chi connectivity index (χ2v) is 6.85. The largest absolute Gasteiger partial charge is 0.452 e. The topological polar surface area (TPSA) is 111 Å². The van der Waals surface area contributed by atoms with Crippen molar-refractivity contribution in [3.8, 4) is 0 Å². The number of amides is 3. The Labute approximate surface area is 161 Å². The van der Waals surface area contributed by atoms with Crippen molar-refractivity contribution in [2.24, 2.45) is 5.73 Å². The highest BCUT2D eigenvalue weighted by Gasteiger charge is 2.24. The third-order valence-corrected chi connectivity index (χ3v) is 4.81. The fourth-order valence-electron chi connectivity index (χ4n) is 2.48. The highest BCUT2D eigenvalue weighted by Crippen LogP contribution is 2.22. The molecule has 27 heavy (non-hydrogen) atoms. The molecule has 0 spiro atoms. The van der Waals surface area contributed by atoms with E-state index < -0.39 is 24.1 Å². The maximum atomic E-state index is 12.3. The smallest absolute Gasteiger partial charge is 0.312 e. The summed E-state index contributed by atoms with van der Waals surface area (Å²) in [6.07, 6.45) is -0.649. The first kappa shape index (κ1) is 20.4. The summed E-state index contributed by atoms with van der Waals surface area (Å²) in [5.41, 5.74) is 6.14. The van der Waals surface area contributed by atoms with Gasteiger partial charge in [-0.1, -0.05) is 43.3 Å². The number of esters is 1. The maximum Gasteiger partial charge on any atom is 0.312 e. The number of carbonyl (C=O) groups is 3. The summed E-state index contributed by atoms with van der Waals surface area (Å²) >= 11 is 1.39. The van der Waals surface area contributed by atoms with Gasteiger partial charge in [0.15, 0.2) is 6.10 Å². The highest BCUT2D eigenvalue weighted by atomic mass is 32.1. The van der Waals surface area contributed by atoms with Crippen molar-refractivity contribution >= 4 is 29.2 Å². The lowest BCUT2D eigenvalue weighted by atomic mass is 10.1. The monoisotopic (exact) mass is 389 g/mol. The van der Waals surface area contributed by atoms with Crippen molar-refractivity contribution in [2.75, 3.05) is 0 Å². The van der Waals surface area contributed by atoms with Crippen LogP contribution in [0.2, 0.25) is 0 Å². The number of benzene rings is 1. The van der Waals surface area contributed by atoms with Crippen molar-refractivity contribution in [2.45, 2.75) is 38.5 Å². The van der Waals surface area contributed by atoms with Crippen LogP contribution in [-0.4, -0.2) is 24.0 Å². The summed E-state index contributed by atoms with van der Waals surface area (Å²) in [6, 6.07) is 11.8. The minimum Gasteiger partial charge on any atom is -0.452 e. The normalized spacial score (nSPS) is 12.6. The molecule has 1 aromatic heterocycles. The molecule has 3 amide bonds. The summed E-state index contributed by atoms with van der Waals surface area (Å²) in [5.74, 6) is -0.936. The van der Waals surface area contributed by atoms with Gasteiger partial charge in [0.05, 0.1) is 12.5 Å². The van der Waals surface area contributed by atoms with Gasteiger partial charge in [-0.25, -0.2) is 4.79 Å². The third kappa shape index (κ3) is 6.74. The molecule has 0 radical (unpaired) electrons. The van der Waals surface area contributed by atoms with Crippen LogP contribution >= 0.6 is 11.3 Å². The van der Waals surface area contributed by atoms with E-state index in [1.54, 1.807) is 13.0 Å². The Bertz CT molecular complexity index is 750. The van der Waals surface area contributed by atoms with Crippen LogP contribution in [0.5, 0.6) is 0 Å². The average molecular weight is 389 g/mol. The highest BCUT2D eigenvalue weighted by molar-refractivity contribution is 7.10. The Balaban J connectivity index is 1.90. The number of primary amides is 1. The van der Waals surface area contributed by atoms with Crippen LogP contribution in [-0.2, 0) is 20.9 Å². The van der Waals surface area contributed by atoms with Gasteiger partial charge in [0, 0.05) is 11.4 Å². The number of urea groups is 1. The number of rotatable bonds is 9. The Morgan fingerprint density at radius 1 is 1.15 bits per heavy atom. The SMILES string of the molecule is CC[C@@H](OC(=O)C[C@@H](NC(N)=O)c1cccs1)C(=O)NCc1ccccc1. The first-order valence-electron chi connectivity index (χ1n) is 8.60. The van der Waals surface area contributed by atoms with Crippen molar-refractivity contribution in [3.05, 3.63) is 58.3 Å². The minimum atomic E-state index is -0.890. The van der Waals surface area contributed by atoms with Crippen LogP contribution in [0.25, 0.3) is 0 Å². The first-order valence-corrected chi connectivity index (χ1v) is 9.48. The summed E-state index contributed by atoms with van der Waals surface area (Å²) in [6.45, 7) is 2.12. The molecule has 2 atom stereocenters. The second kappa shape index (κ2) is 10.3. The summed E-state index contributed by atoms with van der Waals surface area (Å²) in [5, 5.41) is 7.13. The lowest BCUT2D eigenvalue weighted by Gasteiger charge is -2.19. The molecule has 4 N–H and O–H groups in total. The van der Waals surface area contributed by atoms with E-state index in [0.29, 0.717) is 13.0 Å². The van der Waals surface area contributed by atoms with Crippen molar-refractivity contribution in [3.63, 3.8) is 0 Å². The Morgan fingerprint density at radius 3 is 2.48 bits per heavy atom. The number of nitrogens with one attached hydrogen (secondary N) is 2. The van der Waals surface area contributed by atoms with Gasteiger partial charge in [-0.15, -0.1) is 11.3 Å². The Hall–Kier alpha value is -2.87. The van der Waals surface area contributed by atoms with Crippen molar-refractivity contribution < 1.29 is 19.1 Å². The maximum absolute atomic E-state index is 12.3. The molecule has 2 aromatic rings. The number of carbonyl (C=O) groups excluding carboxylic acids is 3. The molecular weight excluding hydrogens is 366 g/mol. The molecule has 0 bridgehead atoms. The van der Waals surface area contributed by atoms with Crippen LogP contribution in [0.15, 0.2) is 47.8 Å². The molecule has 0 aliphatic carbocycles. The quantitative estimate of drug-likeness (QED) is 0.572. The Kier molecular flexibility index (Phi) is 7.81. The summed E-state index contributed by atoms with van der Waals surface area (Å²) in [4.78, 5) is 36.6. The number of hydrogen-bond donors (Lipinski definition) is 3. The molecule has 2 rings (SSSR count). The number of nitrogens with two attached hydrogens (primary N) is 1. The fraction of sp³-hybridized carbons (Fsp3) is 0.316. The predicted octanol–water partition coefficient (Wildman–Crippen LogP) is 2.49. The first-order chi connectivity index (χ1) is 13.0. The molecule has 0 saturated carbocycles. The molecule has 1 heterocycles. The van der Waals surface area contributed by atoms with Crippen LogP contribution in [0.4, 0.5) is 4.79 Å². The molecule has 144 valence electrons. The van der Waals surface area contributed by atoms with Crippen LogP contribution in [0.3, 0.4) is 0 Å². The van der Waals surface area contributed by atoms with Gasteiger partial charge < -0.3 is 21.1 Å². The van der Waals surface area contributed by atoms with Gasteiger partial charge in [-0.05, 0) is 23.4 Å². The molecule has 0 fully saturated rings. The van der Waals surface area contributed by atoms with Gasteiger partial charge in [0.1, 0.15) is 0 Å². The number of ether oxygens (including phenoxy) is 1. The van der Waals surface area contributed by atoms with Gasteiger partial charge in [0.25, 0.3) is 5.91 Å². The van der Waals surface area contributed by atoms with E-state index in [4.69, 9.17) is 10.5 Å². The molecule has 1 aromatic carbocycles. The van der Waals surface area contributed by atoms with Crippen LogP contribution in [0, 0.1) is 0 Å². The van der Waals surface area contributed by atoms with Crippen molar-refractivity contribution in [1.29, 1.82) is 0 Å². The zero-order chi connectivity index (χ0) is 19.6. The van der Waals surface area contributed by atoms with E-state index in [-0.39, 0.29) is 12.3 Å². The Morgan fingerprint density at radius 2 is 1.89 bits per heavy atom. The van der Waals surface area contributed by atoms with E-state index in [1.165, 1.54) is 11.3 Å². The van der Waals surface area contributed by atoms with E-state index in [9.17, 15) is 14.4 Å². The number of thiophene rings is 1. The van der Waals surface area contributed by atoms with E-state index in [1.807, 2.05) is 41.8 Å². The lowest BCUT2D eigenvalue weighted by molar-refractivity contribution is -0.156. The van der Waals surface area contributed by atoms with Crippen LogP contribution < -0.4 is 16.4 Å². The number of hydrogen-bond acceptors (Lipinski definition) is 5. The predicted molar refractivity (Wildman–Crippen MR) is 103 cm³/mol. The zero-order valence-corrected chi connectivity index (χ0v) is 15.8. The second-order valence-electron chi connectivity index (χ2n) is 5.87. The lowest BCUT2D eigenvalue weighted by Crippen LogP contribution is -2.38. The zero-order valence-electron chi connectivity index (χ0n) is 15.0. The van der Waals surface area contributed by atoms with Gasteiger partial charge in [0.2, 0.25) is 0 Å². The minimum absolute atomic E-state index is 0.105. The van der Waals surface area contributed by atoms with Crippen LogP contribution in [0.1, 0.15) is 36.2 Å². The average Bonchev–Trinajstić information content (AvgIpc) is 3.19. The molecular formula is C19H23N3O4S. The summed E-state index contributed by atoms with van der Waals surface area (Å²) in [7, 11) is 0. The van der Waals surface area contributed by atoms with Crippen molar-refractivity contribution in [1.82, 2.24) is 10.6 Å². The molecule has 0 aliphatic rings. The van der Waals surface area contributed by atoms with E-state index >= 15 is 0 Å². The van der Waals surface area contributed by atoms with Gasteiger partial charge >= 0.3 is 12.0 Å². The van der Waals surface area contributed by atoms with Gasteiger partial charge in [-0.2, -0.15) is 0 Å². The summed E-state index contributed by atoms with van der Waals surface area (Å²) < 4.78 is 5.32. The molecule has 7 nitrogen and oxygen atoms in total. The molecule has 8 heteroatoms. The molecule has 0 unspecified atom stereocenters. The van der Waals surface area contributed by atoms with Gasteiger partial charge in [-0.3, -0.25) is 9.59 Å². The third-order valence-electron chi connectivity index (χ3n) is 3.82. The standard InChI is InChI=1S/C19H23N3O4S/c1-2-15(18(24)21-12-13-7-4-3-5-8-13)26-17(23)11-14(22-19(20)25)16-9-6-10-27-16/h3-10,14-15H,2,11-12H2,1H3,(H,21,24)(H3,20,22,25)/t14-,15-/m1/s1. The molecule has 0 aliphatic heterocycles. The van der Waals surface area contributed by atoms with E-state index in [0.717, 1.165) is 10.4 Å². The molecule has 0 saturated heterocycles. The fourth-order valence-corrected chi connectivity index (χ4v) is 3.26.